The van der Waals surface area contributed by atoms with Gasteiger partial charge >= 0.3 is 6.03 Å². The summed E-state index contributed by atoms with van der Waals surface area (Å²) in [5, 5.41) is 3.90. The number of nitrogens with zero attached hydrogens (tertiary/aromatic N) is 3. The van der Waals surface area contributed by atoms with Crippen molar-refractivity contribution in [1.82, 2.24) is 14.7 Å². The Labute approximate surface area is 105 Å². The number of likely N-dealkylation sites (tertiary alicyclic amines) is 1. The molecular weight excluding hydrogens is 232 g/mol. The topological polar surface area (TPSA) is 81.2 Å². The molecule has 0 aromatic carbocycles. The van der Waals surface area contributed by atoms with Crippen LogP contribution in [0.3, 0.4) is 0 Å². The van der Waals surface area contributed by atoms with Crippen molar-refractivity contribution < 1.29 is 9.59 Å². The summed E-state index contributed by atoms with van der Waals surface area (Å²) >= 11 is 0. The van der Waals surface area contributed by atoms with E-state index in [4.69, 9.17) is 5.73 Å². The minimum atomic E-state index is -0.611. The van der Waals surface area contributed by atoms with Gasteiger partial charge in [-0.25, -0.2) is 4.79 Å². The van der Waals surface area contributed by atoms with Gasteiger partial charge in [-0.1, -0.05) is 6.42 Å². The highest BCUT2D eigenvalue weighted by atomic mass is 16.2. The second-order valence-corrected chi connectivity index (χ2v) is 5.15. The van der Waals surface area contributed by atoms with Gasteiger partial charge in [-0.05, 0) is 30.7 Å². The third kappa shape index (κ3) is 1.77. The molecule has 0 spiro atoms. The van der Waals surface area contributed by atoms with Crippen LogP contribution in [0.4, 0.5) is 4.79 Å². The van der Waals surface area contributed by atoms with Gasteiger partial charge < -0.3 is 10.6 Å². The number of carbonyl (C=O) groups is 2. The Morgan fingerprint density at radius 1 is 1.28 bits per heavy atom. The maximum Gasteiger partial charge on any atom is 0.344 e. The summed E-state index contributed by atoms with van der Waals surface area (Å²) in [4.78, 5) is 25.0. The molecule has 2 N–H and O–H groups in total. The Bertz CT molecular complexity index is 484. The third-order valence-corrected chi connectivity index (χ3v) is 4.03. The first-order chi connectivity index (χ1) is 8.65. The molecule has 3 rings (SSSR count). The zero-order valence-corrected chi connectivity index (χ0v) is 10.1. The summed E-state index contributed by atoms with van der Waals surface area (Å²) in [7, 11) is 0. The number of carbonyl (C=O) groups excluding carboxylic acids is 2. The lowest BCUT2D eigenvalue weighted by molar-refractivity contribution is 0.0995. The first kappa shape index (κ1) is 11.3. The van der Waals surface area contributed by atoms with E-state index in [1.165, 1.54) is 36.2 Å². The molecule has 18 heavy (non-hydrogen) atoms. The maximum atomic E-state index is 12.2. The van der Waals surface area contributed by atoms with E-state index in [9.17, 15) is 9.59 Å². The van der Waals surface area contributed by atoms with Crippen LogP contribution in [0.15, 0.2) is 12.3 Å². The van der Waals surface area contributed by atoms with Crippen LogP contribution in [0.25, 0.3) is 0 Å². The smallest absolute Gasteiger partial charge is 0.344 e. The van der Waals surface area contributed by atoms with Crippen LogP contribution in [0, 0.1) is 11.8 Å². The zero-order chi connectivity index (χ0) is 12.7. The summed E-state index contributed by atoms with van der Waals surface area (Å²) in [6, 6.07) is 1.31. The fourth-order valence-corrected chi connectivity index (χ4v) is 3.10. The van der Waals surface area contributed by atoms with Gasteiger partial charge in [0, 0.05) is 19.3 Å². The predicted molar refractivity (Wildman–Crippen MR) is 63.9 cm³/mol. The van der Waals surface area contributed by atoms with E-state index in [1.54, 1.807) is 0 Å². The first-order valence-corrected chi connectivity index (χ1v) is 6.30. The second kappa shape index (κ2) is 4.12. The molecule has 1 saturated carbocycles. The van der Waals surface area contributed by atoms with E-state index >= 15 is 0 Å². The molecule has 6 heteroatoms. The van der Waals surface area contributed by atoms with Crippen molar-refractivity contribution in [3.63, 3.8) is 0 Å². The van der Waals surface area contributed by atoms with Crippen LogP contribution in [-0.2, 0) is 0 Å². The highest BCUT2D eigenvalue weighted by Gasteiger charge is 2.38. The van der Waals surface area contributed by atoms with Crippen molar-refractivity contribution in [3.8, 4) is 0 Å². The average molecular weight is 248 g/mol. The molecule has 1 aliphatic heterocycles. The highest BCUT2D eigenvalue weighted by Crippen LogP contribution is 2.37. The lowest BCUT2D eigenvalue weighted by atomic mass is 10.0. The van der Waals surface area contributed by atoms with Gasteiger partial charge in [0.15, 0.2) is 5.69 Å². The number of fused-ring (bicyclic) bond motifs is 1. The molecule has 6 nitrogen and oxygen atoms in total. The van der Waals surface area contributed by atoms with Gasteiger partial charge in [0.1, 0.15) is 0 Å². The number of amides is 2. The van der Waals surface area contributed by atoms with E-state index < -0.39 is 5.91 Å². The molecule has 2 amide bonds. The summed E-state index contributed by atoms with van der Waals surface area (Å²) < 4.78 is 1.21. The van der Waals surface area contributed by atoms with Crippen molar-refractivity contribution in [2.45, 2.75) is 19.3 Å². The summed E-state index contributed by atoms with van der Waals surface area (Å²) in [6.07, 6.45) is 5.22. The summed E-state index contributed by atoms with van der Waals surface area (Å²) in [6.45, 7) is 1.63. The molecular formula is C12H16N4O2. The molecule has 1 saturated heterocycles. The Morgan fingerprint density at radius 3 is 2.50 bits per heavy atom. The van der Waals surface area contributed by atoms with E-state index in [0.29, 0.717) is 11.8 Å². The minimum absolute atomic E-state index is 0.128. The normalized spacial score (nSPS) is 26.3. The number of nitrogens with two attached hydrogens (primary N) is 1. The van der Waals surface area contributed by atoms with Gasteiger partial charge in [0.25, 0.3) is 5.91 Å². The van der Waals surface area contributed by atoms with Gasteiger partial charge in [0.2, 0.25) is 0 Å². The lowest BCUT2D eigenvalue weighted by Crippen LogP contribution is -2.34. The van der Waals surface area contributed by atoms with Crippen molar-refractivity contribution >= 4 is 11.9 Å². The molecule has 1 aromatic rings. The van der Waals surface area contributed by atoms with Crippen LogP contribution in [0.1, 0.15) is 29.8 Å². The second-order valence-electron chi connectivity index (χ2n) is 5.15. The van der Waals surface area contributed by atoms with Gasteiger partial charge in [0.05, 0.1) is 0 Å². The van der Waals surface area contributed by atoms with E-state index in [-0.39, 0.29) is 11.7 Å². The molecule has 1 aliphatic carbocycles. The number of rotatable bonds is 1. The van der Waals surface area contributed by atoms with E-state index in [1.807, 2.05) is 4.90 Å². The summed E-state index contributed by atoms with van der Waals surface area (Å²) in [5.41, 5.74) is 5.24. The fourth-order valence-electron chi connectivity index (χ4n) is 3.10. The molecule has 0 bridgehead atoms. The quantitative estimate of drug-likeness (QED) is 0.793. The molecule has 2 aliphatic rings. The van der Waals surface area contributed by atoms with Gasteiger partial charge in [-0.15, -0.1) is 0 Å². The van der Waals surface area contributed by atoms with Crippen LogP contribution in [0.5, 0.6) is 0 Å². The molecule has 2 atom stereocenters. The molecule has 96 valence electrons. The van der Waals surface area contributed by atoms with Crippen LogP contribution < -0.4 is 5.73 Å². The predicted octanol–water partition coefficient (Wildman–Crippen LogP) is 0.682. The molecule has 2 heterocycles. The number of aromatic nitrogens is 2. The monoisotopic (exact) mass is 248 g/mol. The lowest BCUT2D eigenvalue weighted by Gasteiger charge is -2.16. The fraction of sp³-hybridized carbons (Fsp3) is 0.583. The van der Waals surface area contributed by atoms with Crippen molar-refractivity contribution in [3.05, 3.63) is 18.0 Å². The highest BCUT2D eigenvalue weighted by molar-refractivity contribution is 5.91. The Balaban J connectivity index is 1.72. The van der Waals surface area contributed by atoms with Crippen LogP contribution >= 0.6 is 0 Å². The Hall–Kier alpha value is -1.85. The number of primary amides is 1. The Kier molecular flexibility index (Phi) is 2.57. The standard InChI is InChI=1S/C12H16N4O2/c13-11(17)10-4-5-16(14-10)12(18)15-6-8-2-1-3-9(8)7-15/h4-5,8-9H,1-3,6-7H2,(H2,13,17)/t8-,9+. The largest absolute Gasteiger partial charge is 0.364 e. The van der Waals surface area contributed by atoms with Crippen LogP contribution in [0.2, 0.25) is 0 Å². The van der Waals surface area contributed by atoms with Crippen molar-refractivity contribution in [2.24, 2.45) is 17.6 Å². The third-order valence-electron chi connectivity index (χ3n) is 4.03. The molecule has 0 unspecified atom stereocenters. The summed E-state index contributed by atoms with van der Waals surface area (Å²) in [5.74, 6) is 0.695. The SMILES string of the molecule is NC(=O)c1ccn(C(=O)N2C[C@H]3CCC[C@H]3C2)n1. The maximum absolute atomic E-state index is 12.2. The zero-order valence-electron chi connectivity index (χ0n) is 10.1. The van der Waals surface area contributed by atoms with E-state index in [2.05, 4.69) is 5.10 Å². The number of hydrogen-bond donors (Lipinski definition) is 1. The molecule has 2 fully saturated rings. The van der Waals surface area contributed by atoms with E-state index in [0.717, 1.165) is 13.1 Å². The van der Waals surface area contributed by atoms with Gasteiger partial charge in [-0.2, -0.15) is 9.78 Å². The van der Waals surface area contributed by atoms with Gasteiger partial charge in [-0.3, -0.25) is 4.79 Å². The minimum Gasteiger partial charge on any atom is -0.364 e. The molecule has 1 aromatic heterocycles. The molecule has 0 radical (unpaired) electrons. The van der Waals surface area contributed by atoms with Crippen molar-refractivity contribution in [1.29, 1.82) is 0 Å². The van der Waals surface area contributed by atoms with Crippen LogP contribution in [-0.4, -0.2) is 39.7 Å². The first-order valence-electron chi connectivity index (χ1n) is 6.30. The number of hydrogen-bond acceptors (Lipinski definition) is 3. The Morgan fingerprint density at radius 2 is 1.94 bits per heavy atom. The van der Waals surface area contributed by atoms with Crippen molar-refractivity contribution in [2.75, 3.05) is 13.1 Å². The average Bonchev–Trinajstić information content (AvgIpc) is 3.02.